The predicted molar refractivity (Wildman–Crippen MR) is 115 cm³/mol. The zero-order valence-corrected chi connectivity index (χ0v) is 18.5. The molecule has 162 valence electrons. The fourth-order valence-corrected chi connectivity index (χ4v) is 5.74. The van der Waals surface area contributed by atoms with E-state index in [0.29, 0.717) is 50.7 Å². The Morgan fingerprint density at radius 2 is 2.03 bits per heavy atom. The van der Waals surface area contributed by atoms with Crippen molar-refractivity contribution >= 4 is 32.4 Å². The zero-order chi connectivity index (χ0) is 21.4. The number of rotatable bonds is 6. The highest BCUT2D eigenvalue weighted by atomic mass is 32.2. The van der Waals surface area contributed by atoms with Crippen LogP contribution in [0.1, 0.15) is 12.7 Å². The van der Waals surface area contributed by atoms with Crippen molar-refractivity contribution in [3.05, 3.63) is 40.8 Å². The Hall–Kier alpha value is -2.67. The number of nitrogens with zero attached hydrogens (tertiary/aromatic N) is 7. The molecule has 0 amide bonds. The molecule has 0 N–H and O–H groups in total. The first-order valence-corrected chi connectivity index (χ1v) is 12.3. The van der Waals surface area contributed by atoms with Crippen LogP contribution in [0, 0.1) is 0 Å². The van der Waals surface area contributed by atoms with Gasteiger partial charge in [0.2, 0.25) is 15.8 Å². The third-order valence-corrected chi connectivity index (χ3v) is 7.82. The van der Waals surface area contributed by atoms with E-state index in [1.54, 1.807) is 23.5 Å². The van der Waals surface area contributed by atoms with Crippen LogP contribution in [0.2, 0.25) is 0 Å². The smallest absolute Gasteiger partial charge is 0.243 e. The molecule has 0 saturated carbocycles. The van der Waals surface area contributed by atoms with Crippen LogP contribution < -0.4 is 0 Å². The summed E-state index contributed by atoms with van der Waals surface area (Å²) >= 11 is 1.58. The summed E-state index contributed by atoms with van der Waals surface area (Å²) in [5.41, 5.74) is 2.43. The quantitative estimate of drug-likeness (QED) is 0.433. The highest BCUT2D eigenvalue weighted by Crippen LogP contribution is 2.24. The summed E-state index contributed by atoms with van der Waals surface area (Å²) in [7, 11) is -3.58. The molecule has 1 aromatic carbocycles. The number of sulfonamides is 1. The standard InChI is InChI=1S/C19H21N7O3S2/c1-2-25-17-4-3-15(31(27,28)24-6-8-29-9-7-24)11-16(17)20-18(25)12-26-22-19(21-23-26)14-5-10-30-13-14/h3-5,10-11,13H,2,6-9,12H2,1H3. The number of thiophene rings is 1. The van der Waals surface area contributed by atoms with Crippen LogP contribution in [0.15, 0.2) is 39.9 Å². The summed E-state index contributed by atoms with van der Waals surface area (Å²) in [6.07, 6.45) is 0. The Bertz CT molecular complexity index is 1310. The van der Waals surface area contributed by atoms with E-state index in [9.17, 15) is 8.42 Å². The van der Waals surface area contributed by atoms with Crippen molar-refractivity contribution in [3.8, 4) is 11.4 Å². The molecule has 1 aliphatic heterocycles. The monoisotopic (exact) mass is 459 g/mol. The van der Waals surface area contributed by atoms with E-state index < -0.39 is 10.0 Å². The van der Waals surface area contributed by atoms with Crippen molar-refractivity contribution in [1.29, 1.82) is 0 Å². The van der Waals surface area contributed by atoms with Crippen molar-refractivity contribution in [2.24, 2.45) is 0 Å². The van der Waals surface area contributed by atoms with E-state index in [1.807, 2.05) is 34.4 Å². The van der Waals surface area contributed by atoms with E-state index in [2.05, 4.69) is 15.4 Å². The fraction of sp³-hybridized carbons (Fsp3) is 0.368. The maximum absolute atomic E-state index is 13.0. The molecule has 31 heavy (non-hydrogen) atoms. The molecule has 4 aromatic rings. The van der Waals surface area contributed by atoms with Crippen molar-refractivity contribution < 1.29 is 13.2 Å². The van der Waals surface area contributed by atoms with E-state index in [-0.39, 0.29) is 4.90 Å². The van der Waals surface area contributed by atoms with Gasteiger partial charge in [-0.3, -0.25) is 0 Å². The summed E-state index contributed by atoms with van der Waals surface area (Å²) in [6, 6.07) is 7.05. The van der Waals surface area contributed by atoms with Gasteiger partial charge in [-0.1, -0.05) is 0 Å². The van der Waals surface area contributed by atoms with Gasteiger partial charge in [0.15, 0.2) is 0 Å². The second kappa shape index (κ2) is 8.11. The molecule has 5 rings (SSSR count). The Morgan fingerprint density at radius 1 is 1.19 bits per heavy atom. The first kappa shape index (κ1) is 20.2. The van der Waals surface area contributed by atoms with Crippen LogP contribution in [0.25, 0.3) is 22.4 Å². The van der Waals surface area contributed by atoms with Crippen molar-refractivity contribution in [1.82, 2.24) is 34.1 Å². The molecule has 1 saturated heterocycles. The Kier molecular flexibility index (Phi) is 5.30. The van der Waals surface area contributed by atoms with Crippen molar-refractivity contribution in [3.63, 3.8) is 0 Å². The second-order valence-electron chi connectivity index (χ2n) is 7.09. The normalized spacial score (nSPS) is 15.6. The first-order chi connectivity index (χ1) is 15.1. The van der Waals surface area contributed by atoms with E-state index in [0.717, 1.165) is 16.9 Å². The van der Waals surface area contributed by atoms with Gasteiger partial charge in [-0.25, -0.2) is 13.4 Å². The van der Waals surface area contributed by atoms with Crippen molar-refractivity contribution in [2.75, 3.05) is 26.3 Å². The van der Waals surface area contributed by atoms with Gasteiger partial charge in [0.25, 0.3) is 0 Å². The molecule has 0 radical (unpaired) electrons. The Balaban J connectivity index is 1.47. The van der Waals surface area contributed by atoms with Gasteiger partial charge in [0.05, 0.1) is 29.1 Å². The van der Waals surface area contributed by atoms with Gasteiger partial charge in [-0.05, 0) is 41.8 Å². The molecule has 0 unspecified atom stereocenters. The van der Waals surface area contributed by atoms with Crippen LogP contribution >= 0.6 is 11.3 Å². The van der Waals surface area contributed by atoms with Crippen LogP contribution in [-0.2, 0) is 27.8 Å². The molecule has 0 bridgehead atoms. The molecular formula is C19H21N7O3S2. The minimum Gasteiger partial charge on any atom is -0.379 e. The summed E-state index contributed by atoms with van der Waals surface area (Å²) < 4.78 is 34.8. The largest absolute Gasteiger partial charge is 0.379 e. The first-order valence-electron chi connectivity index (χ1n) is 9.93. The summed E-state index contributed by atoms with van der Waals surface area (Å²) in [4.78, 5) is 6.45. The number of hydrogen-bond acceptors (Lipinski definition) is 8. The number of hydrogen-bond donors (Lipinski definition) is 0. The van der Waals surface area contributed by atoms with E-state index in [1.165, 1.54) is 9.10 Å². The fourth-order valence-electron chi connectivity index (χ4n) is 3.67. The lowest BCUT2D eigenvalue weighted by atomic mass is 10.3. The maximum atomic E-state index is 13.0. The number of imidazole rings is 1. The molecule has 0 atom stereocenters. The minimum atomic E-state index is -3.58. The molecule has 3 aromatic heterocycles. The lowest BCUT2D eigenvalue weighted by molar-refractivity contribution is 0.0730. The predicted octanol–water partition coefficient (Wildman–Crippen LogP) is 1.84. The number of benzene rings is 1. The van der Waals surface area contributed by atoms with Crippen LogP contribution in [0.3, 0.4) is 0 Å². The third kappa shape index (κ3) is 3.76. The molecule has 4 heterocycles. The molecule has 1 aliphatic rings. The lowest BCUT2D eigenvalue weighted by Gasteiger charge is -2.26. The van der Waals surface area contributed by atoms with Gasteiger partial charge >= 0.3 is 0 Å². The van der Waals surface area contributed by atoms with Crippen LogP contribution in [0.4, 0.5) is 0 Å². The highest BCUT2D eigenvalue weighted by Gasteiger charge is 2.27. The minimum absolute atomic E-state index is 0.243. The Labute approximate surface area is 183 Å². The molecule has 10 nitrogen and oxygen atoms in total. The third-order valence-electron chi connectivity index (χ3n) is 5.24. The number of aryl methyl sites for hydroxylation is 1. The van der Waals surface area contributed by atoms with Gasteiger partial charge < -0.3 is 9.30 Å². The topological polar surface area (TPSA) is 108 Å². The van der Waals surface area contributed by atoms with E-state index >= 15 is 0 Å². The summed E-state index contributed by atoms with van der Waals surface area (Å²) in [5.74, 6) is 1.31. The average Bonchev–Trinajstić information content (AvgIpc) is 3.53. The number of aromatic nitrogens is 6. The molecule has 12 heteroatoms. The van der Waals surface area contributed by atoms with Gasteiger partial charge in [-0.2, -0.15) is 20.4 Å². The van der Waals surface area contributed by atoms with Crippen LogP contribution in [-0.4, -0.2) is 68.8 Å². The van der Waals surface area contributed by atoms with E-state index in [4.69, 9.17) is 9.72 Å². The van der Waals surface area contributed by atoms with Crippen molar-refractivity contribution in [2.45, 2.75) is 24.9 Å². The number of ether oxygens (including phenoxy) is 1. The summed E-state index contributed by atoms with van der Waals surface area (Å²) in [6.45, 7) is 4.59. The zero-order valence-electron chi connectivity index (χ0n) is 16.9. The Morgan fingerprint density at radius 3 is 2.77 bits per heavy atom. The number of tetrazole rings is 1. The second-order valence-corrected chi connectivity index (χ2v) is 9.81. The van der Waals surface area contributed by atoms with Gasteiger partial charge in [0.1, 0.15) is 12.4 Å². The SMILES string of the molecule is CCn1c(Cn2nnc(-c3ccsc3)n2)nc2cc(S(=O)(=O)N3CCOCC3)ccc21. The average molecular weight is 460 g/mol. The highest BCUT2D eigenvalue weighted by molar-refractivity contribution is 7.89. The molecule has 0 spiro atoms. The van der Waals surface area contributed by atoms with Crippen LogP contribution in [0.5, 0.6) is 0 Å². The lowest BCUT2D eigenvalue weighted by Crippen LogP contribution is -2.40. The summed E-state index contributed by atoms with van der Waals surface area (Å²) in [5, 5.41) is 16.6. The molecule has 1 fully saturated rings. The molecular weight excluding hydrogens is 438 g/mol. The van der Waals surface area contributed by atoms with Gasteiger partial charge in [0, 0.05) is 30.6 Å². The number of fused-ring (bicyclic) bond motifs is 1. The number of morpholine rings is 1. The molecule has 0 aliphatic carbocycles. The van der Waals surface area contributed by atoms with Gasteiger partial charge in [-0.15, -0.1) is 10.2 Å². The maximum Gasteiger partial charge on any atom is 0.243 e.